The summed E-state index contributed by atoms with van der Waals surface area (Å²) in [6, 6.07) is 16.1. The van der Waals surface area contributed by atoms with Gasteiger partial charge in [0.05, 0.1) is 12.5 Å². The van der Waals surface area contributed by atoms with Crippen molar-refractivity contribution in [2.75, 3.05) is 19.8 Å². The van der Waals surface area contributed by atoms with Gasteiger partial charge < -0.3 is 25.2 Å². The van der Waals surface area contributed by atoms with Crippen molar-refractivity contribution in [1.82, 2.24) is 10.6 Å². The van der Waals surface area contributed by atoms with Gasteiger partial charge in [-0.05, 0) is 43.0 Å². The minimum Gasteiger partial charge on any atom is -0.481 e. The summed E-state index contributed by atoms with van der Waals surface area (Å²) in [5.74, 6) is -1.56. The molecule has 33 heavy (non-hydrogen) atoms. The second-order valence-electron chi connectivity index (χ2n) is 8.46. The molecule has 2 aromatic carbocycles. The predicted octanol–water partition coefficient (Wildman–Crippen LogP) is 3.30. The highest BCUT2D eigenvalue weighted by Crippen LogP contribution is 2.44. The molecule has 0 heterocycles. The smallest absolute Gasteiger partial charge is 0.408 e. The van der Waals surface area contributed by atoms with E-state index in [1.807, 2.05) is 36.4 Å². The fourth-order valence-electron chi connectivity index (χ4n) is 3.99. The third kappa shape index (κ3) is 5.90. The third-order valence-electron chi connectivity index (χ3n) is 5.62. The molecule has 2 amide bonds. The van der Waals surface area contributed by atoms with Gasteiger partial charge in [-0.15, -0.1) is 0 Å². The van der Waals surface area contributed by atoms with E-state index in [0.717, 1.165) is 22.3 Å². The Bertz CT molecular complexity index is 974. The molecule has 8 heteroatoms. The predicted molar refractivity (Wildman–Crippen MR) is 123 cm³/mol. The quantitative estimate of drug-likeness (QED) is 0.508. The number of alkyl carbamates (subject to hydrolysis) is 1. The lowest BCUT2D eigenvalue weighted by Gasteiger charge is -2.26. The first-order valence-electron chi connectivity index (χ1n) is 11.0. The number of hydrogen-bond donors (Lipinski definition) is 3. The average molecular weight is 455 g/mol. The SMILES string of the molecule is CCOC(CNC(=O)C(C)(C)NC(=O)OCC1c2ccccc2-c2ccccc21)CC(=O)O. The summed E-state index contributed by atoms with van der Waals surface area (Å²) in [6.07, 6.45) is -1.58. The summed E-state index contributed by atoms with van der Waals surface area (Å²) < 4.78 is 10.9. The minimum atomic E-state index is -1.26. The van der Waals surface area contributed by atoms with Crippen LogP contribution in [0.2, 0.25) is 0 Å². The molecule has 0 spiro atoms. The molecule has 1 atom stereocenters. The Morgan fingerprint density at radius 1 is 1.03 bits per heavy atom. The molecule has 2 aromatic rings. The normalized spacial score (nSPS) is 13.5. The van der Waals surface area contributed by atoms with Crippen LogP contribution in [0.4, 0.5) is 4.79 Å². The van der Waals surface area contributed by atoms with Crippen LogP contribution in [0.1, 0.15) is 44.2 Å². The average Bonchev–Trinajstić information content (AvgIpc) is 3.09. The molecule has 176 valence electrons. The van der Waals surface area contributed by atoms with Crippen LogP contribution in [0.3, 0.4) is 0 Å². The van der Waals surface area contributed by atoms with E-state index < -0.39 is 29.6 Å². The number of benzene rings is 2. The van der Waals surface area contributed by atoms with Gasteiger partial charge in [0.1, 0.15) is 12.1 Å². The Kier molecular flexibility index (Phi) is 7.71. The maximum absolute atomic E-state index is 12.6. The zero-order chi connectivity index (χ0) is 24.0. The lowest BCUT2D eigenvalue weighted by molar-refractivity contribution is -0.140. The highest BCUT2D eigenvalue weighted by atomic mass is 16.5. The van der Waals surface area contributed by atoms with Crippen LogP contribution in [-0.2, 0) is 19.1 Å². The van der Waals surface area contributed by atoms with Crippen molar-refractivity contribution in [2.24, 2.45) is 0 Å². The zero-order valence-corrected chi connectivity index (χ0v) is 19.1. The van der Waals surface area contributed by atoms with Crippen molar-refractivity contribution in [2.45, 2.75) is 44.8 Å². The topological polar surface area (TPSA) is 114 Å². The van der Waals surface area contributed by atoms with Crippen LogP contribution in [0.5, 0.6) is 0 Å². The number of hydrogen-bond acceptors (Lipinski definition) is 5. The summed E-state index contributed by atoms with van der Waals surface area (Å²) in [5.41, 5.74) is 3.20. The highest BCUT2D eigenvalue weighted by Gasteiger charge is 2.33. The van der Waals surface area contributed by atoms with Gasteiger partial charge in [0.25, 0.3) is 0 Å². The van der Waals surface area contributed by atoms with Crippen LogP contribution < -0.4 is 10.6 Å². The fourth-order valence-corrected chi connectivity index (χ4v) is 3.99. The molecular weight excluding hydrogens is 424 g/mol. The number of carbonyl (C=O) groups excluding carboxylic acids is 2. The summed E-state index contributed by atoms with van der Waals surface area (Å²) in [4.78, 5) is 36.1. The number of nitrogens with one attached hydrogen (secondary N) is 2. The van der Waals surface area contributed by atoms with E-state index >= 15 is 0 Å². The molecule has 8 nitrogen and oxygen atoms in total. The first-order valence-corrected chi connectivity index (χ1v) is 11.0. The van der Waals surface area contributed by atoms with Crippen LogP contribution in [0, 0.1) is 0 Å². The van der Waals surface area contributed by atoms with Crippen molar-refractivity contribution in [3.63, 3.8) is 0 Å². The van der Waals surface area contributed by atoms with E-state index in [4.69, 9.17) is 14.6 Å². The summed E-state index contributed by atoms with van der Waals surface area (Å²) in [7, 11) is 0. The van der Waals surface area contributed by atoms with Gasteiger partial charge in [0.15, 0.2) is 0 Å². The fraction of sp³-hybridized carbons (Fsp3) is 0.400. The van der Waals surface area contributed by atoms with E-state index in [2.05, 4.69) is 22.8 Å². The van der Waals surface area contributed by atoms with Gasteiger partial charge in [-0.2, -0.15) is 0 Å². The lowest BCUT2D eigenvalue weighted by Crippen LogP contribution is -2.56. The molecule has 1 aliphatic rings. The van der Waals surface area contributed by atoms with Gasteiger partial charge in [-0.3, -0.25) is 9.59 Å². The Hall–Kier alpha value is -3.39. The van der Waals surface area contributed by atoms with E-state index in [1.54, 1.807) is 20.8 Å². The maximum atomic E-state index is 12.6. The summed E-state index contributed by atoms with van der Waals surface area (Å²) >= 11 is 0. The Morgan fingerprint density at radius 3 is 2.15 bits per heavy atom. The van der Waals surface area contributed by atoms with Crippen LogP contribution >= 0.6 is 0 Å². The second kappa shape index (κ2) is 10.5. The van der Waals surface area contributed by atoms with Crippen LogP contribution in [0.15, 0.2) is 48.5 Å². The van der Waals surface area contributed by atoms with Crippen molar-refractivity contribution in [3.8, 4) is 11.1 Å². The van der Waals surface area contributed by atoms with E-state index in [-0.39, 0.29) is 25.5 Å². The molecule has 3 N–H and O–H groups in total. The molecule has 1 aliphatic carbocycles. The number of aliphatic carboxylic acids is 1. The van der Waals surface area contributed by atoms with Gasteiger partial charge >= 0.3 is 12.1 Å². The maximum Gasteiger partial charge on any atom is 0.408 e. The molecule has 0 aliphatic heterocycles. The van der Waals surface area contributed by atoms with Gasteiger partial charge in [-0.25, -0.2) is 4.79 Å². The summed E-state index contributed by atoms with van der Waals surface area (Å²) in [6.45, 7) is 5.35. The number of carboxylic acid groups (broad SMARTS) is 1. The number of carbonyl (C=O) groups is 3. The van der Waals surface area contributed by atoms with Gasteiger partial charge in [0.2, 0.25) is 5.91 Å². The standard InChI is InChI=1S/C25H30N2O6/c1-4-32-16(13-22(28)29)14-26-23(30)25(2,3)27-24(31)33-15-21-19-11-7-5-9-17(19)18-10-6-8-12-20(18)21/h5-12,16,21H,4,13-15H2,1-3H3,(H,26,30)(H,27,31)(H,28,29). The van der Waals surface area contributed by atoms with Crippen molar-refractivity contribution < 1.29 is 29.0 Å². The van der Waals surface area contributed by atoms with Crippen LogP contribution in [-0.4, -0.2) is 54.5 Å². The molecule has 0 radical (unpaired) electrons. The van der Waals surface area contributed by atoms with Gasteiger partial charge in [-0.1, -0.05) is 48.5 Å². The zero-order valence-electron chi connectivity index (χ0n) is 19.1. The molecule has 3 rings (SSSR count). The minimum absolute atomic E-state index is 0.0226. The van der Waals surface area contributed by atoms with Crippen LogP contribution in [0.25, 0.3) is 11.1 Å². The van der Waals surface area contributed by atoms with Crippen molar-refractivity contribution in [3.05, 3.63) is 59.7 Å². The monoisotopic (exact) mass is 454 g/mol. The Balaban J connectivity index is 1.57. The van der Waals surface area contributed by atoms with E-state index in [9.17, 15) is 14.4 Å². The molecule has 0 bridgehead atoms. The first-order chi connectivity index (χ1) is 15.7. The molecule has 1 unspecified atom stereocenters. The number of fused-ring (bicyclic) bond motifs is 3. The summed E-state index contributed by atoms with van der Waals surface area (Å²) in [5, 5.41) is 14.2. The molecule has 0 saturated carbocycles. The highest BCUT2D eigenvalue weighted by molar-refractivity contribution is 5.89. The third-order valence-corrected chi connectivity index (χ3v) is 5.62. The number of ether oxygens (including phenoxy) is 2. The molecular formula is C25H30N2O6. The van der Waals surface area contributed by atoms with E-state index in [1.165, 1.54) is 0 Å². The second-order valence-corrected chi connectivity index (χ2v) is 8.46. The number of carboxylic acids is 1. The largest absolute Gasteiger partial charge is 0.481 e. The Labute approximate surface area is 193 Å². The number of rotatable bonds is 10. The molecule has 0 saturated heterocycles. The van der Waals surface area contributed by atoms with Gasteiger partial charge in [0, 0.05) is 19.1 Å². The van der Waals surface area contributed by atoms with Crippen molar-refractivity contribution in [1.29, 1.82) is 0 Å². The molecule has 0 fully saturated rings. The molecule has 0 aromatic heterocycles. The first kappa shape index (κ1) is 24.3. The Morgan fingerprint density at radius 2 is 1.61 bits per heavy atom. The van der Waals surface area contributed by atoms with E-state index in [0.29, 0.717) is 6.61 Å². The number of amides is 2. The lowest BCUT2D eigenvalue weighted by atomic mass is 9.98. The van der Waals surface area contributed by atoms with Crippen molar-refractivity contribution >= 4 is 18.0 Å².